The van der Waals surface area contributed by atoms with E-state index in [-0.39, 0.29) is 5.04 Å². The number of benzene rings is 1. The van der Waals surface area contributed by atoms with Gasteiger partial charge in [-0.05, 0) is 38.0 Å². The van der Waals surface area contributed by atoms with Crippen molar-refractivity contribution in [2.24, 2.45) is 10.1 Å². The number of halogens is 3. The summed E-state index contributed by atoms with van der Waals surface area (Å²) in [5, 5.41) is 5.24. The molecule has 1 aliphatic heterocycles. The predicted molar refractivity (Wildman–Crippen MR) is 111 cm³/mol. The van der Waals surface area contributed by atoms with Crippen LogP contribution in [0.4, 0.5) is 13.2 Å². The first-order valence-corrected chi connectivity index (χ1v) is 9.64. The molecule has 0 fully saturated rings. The molecule has 2 unspecified atom stereocenters. The third-order valence-corrected chi connectivity index (χ3v) is 5.22. The molecule has 1 N–H and O–H groups in total. The highest BCUT2D eigenvalue weighted by atomic mass is 32.2. The number of alkyl halides is 3. The first kappa shape index (κ1) is 22.7. The van der Waals surface area contributed by atoms with E-state index >= 15 is 0 Å². The molecule has 0 aliphatic carbocycles. The quantitative estimate of drug-likeness (QED) is 0.413. The average molecular weight is 425 g/mol. The van der Waals surface area contributed by atoms with Crippen molar-refractivity contribution in [1.82, 2.24) is 5.32 Å². The van der Waals surface area contributed by atoms with Crippen LogP contribution in [-0.2, 0) is 9.63 Å². The molecule has 29 heavy (non-hydrogen) atoms. The fourth-order valence-electron chi connectivity index (χ4n) is 2.81. The fraction of sp³-hybridized carbons (Fsp3) is 0.350. The molecule has 1 aromatic carbocycles. The predicted octanol–water partition coefficient (Wildman–Crippen LogP) is 4.55. The third-order valence-electron chi connectivity index (χ3n) is 4.05. The Bertz CT molecular complexity index is 876. The van der Waals surface area contributed by atoms with E-state index in [9.17, 15) is 18.0 Å². The number of aliphatic imine (C=N–C) groups is 1. The van der Waals surface area contributed by atoms with E-state index in [1.807, 2.05) is 31.2 Å². The zero-order valence-electron chi connectivity index (χ0n) is 16.4. The van der Waals surface area contributed by atoms with Crippen LogP contribution in [0, 0.1) is 0 Å². The SMILES string of the molecule is C/C=C\C(=C(/C)NC(=O)C1SC(C)=NC1C(F)(F)F)c1cccc(/C=N\OC)c1. The van der Waals surface area contributed by atoms with Gasteiger partial charge >= 0.3 is 6.18 Å². The monoisotopic (exact) mass is 425 g/mol. The summed E-state index contributed by atoms with van der Waals surface area (Å²) in [5.74, 6) is -0.727. The second-order valence-electron chi connectivity index (χ2n) is 6.24. The molecule has 0 saturated heterocycles. The van der Waals surface area contributed by atoms with Gasteiger partial charge in [-0.25, -0.2) is 0 Å². The van der Waals surface area contributed by atoms with Crippen molar-refractivity contribution in [1.29, 1.82) is 0 Å². The largest absolute Gasteiger partial charge is 0.412 e. The summed E-state index contributed by atoms with van der Waals surface area (Å²) < 4.78 is 39.7. The standard InChI is InChI=1S/C20H22F3N3O2S/c1-5-7-16(15-9-6-8-14(10-15)11-24-28-4)12(2)25-19(27)17-18(20(21,22)23)26-13(3)29-17/h5-11,17-18H,1-4H3,(H,25,27)/b7-5-,16-12-,24-11-. The van der Waals surface area contributed by atoms with E-state index in [2.05, 4.69) is 20.3 Å². The number of hydrogen-bond acceptors (Lipinski definition) is 5. The van der Waals surface area contributed by atoms with Crippen molar-refractivity contribution in [2.45, 2.75) is 38.2 Å². The Morgan fingerprint density at radius 3 is 2.72 bits per heavy atom. The van der Waals surface area contributed by atoms with Gasteiger partial charge in [-0.1, -0.05) is 47.3 Å². The van der Waals surface area contributed by atoms with Crippen molar-refractivity contribution < 1.29 is 22.8 Å². The van der Waals surface area contributed by atoms with Crippen LogP contribution in [0.1, 0.15) is 31.9 Å². The minimum Gasteiger partial charge on any atom is -0.399 e. The molecule has 0 spiro atoms. The Morgan fingerprint density at radius 2 is 2.10 bits per heavy atom. The highest BCUT2D eigenvalue weighted by Gasteiger charge is 2.51. The lowest BCUT2D eigenvalue weighted by Gasteiger charge is -2.20. The Labute approximate surface area is 171 Å². The van der Waals surface area contributed by atoms with Gasteiger partial charge in [0.25, 0.3) is 0 Å². The van der Waals surface area contributed by atoms with Gasteiger partial charge < -0.3 is 10.2 Å². The molecule has 1 aromatic rings. The molecule has 2 rings (SSSR count). The van der Waals surface area contributed by atoms with E-state index in [1.54, 1.807) is 19.1 Å². The number of nitrogens with zero attached hydrogens (tertiary/aromatic N) is 2. The van der Waals surface area contributed by atoms with Crippen LogP contribution in [-0.4, -0.2) is 41.7 Å². The Balaban J connectivity index is 2.31. The van der Waals surface area contributed by atoms with Gasteiger partial charge in [0, 0.05) is 11.3 Å². The molecular formula is C20H22F3N3O2S. The molecule has 1 amide bonds. The van der Waals surface area contributed by atoms with Crippen molar-refractivity contribution in [2.75, 3.05) is 7.11 Å². The maximum atomic E-state index is 13.2. The van der Waals surface area contributed by atoms with Crippen LogP contribution in [0.15, 0.2) is 52.3 Å². The van der Waals surface area contributed by atoms with Gasteiger partial charge in [-0.2, -0.15) is 13.2 Å². The van der Waals surface area contributed by atoms with Crippen molar-refractivity contribution in [3.8, 4) is 0 Å². The number of carbonyl (C=O) groups excluding carboxylic acids is 1. The Morgan fingerprint density at radius 1 is 1.38 bits per heavy atom. The van der Waals surface area contributed by atoms with Gasteiger partial charge in [-0.15, -0.1) is 0 Å². The number of oxime groups is 1. The summed E-state index contributed by atoms with van der Waals surface area (Å²) >= 11 is 0.829. The van der Waals surface area contributed by atoms with Crippen LogP contribution in [0.3, 0.4) is 0 Å². The molecule has 0 bridgehead atoms. The number of rotatable bonds is 6. The molecule has 9 heteroatoms. The van der Waals surface area contributed by atoms with Crippen LogP contribution >= 0.6 is 11.8 Å². The first-order chi connectivity index (χ1) is 13.7. The van der Waals surface area contributed by atoms with Crippen molar-refractivity contribution >= 4 is 34.5 Å². The lowest BCUT2D eigenvalue weighted by molar-refractivity contribution is -0.151. The zero-order chi connectivity index (χ0) is 21.6. The summed E-state index contributed by atoms with van der Waals surface area (Å²) in [4.78, 5) is 20.9. The third kappa shape index (κ3) is 5.96. The molecule has 1 aliphatic rings. The molecule has 0 saturated carbocycles. The molecular weight excluding hydrogens is 403 g/mol. The Hall–Kier alpha value is -2.55. The summed E-state index contributed by atoms with van der Waals surface area (Å²) in [7, 11) is 1.44. The molecule has 156 valence electrons. The number of allylic oxidation sites excluding steroid dienone is 4. The van der Waals surface area contributed by atoms with Crippen LogP contribution in [0.25, 0.3) is 5.57 Å². The van der Waals surface area contributed by atoms with Gasteiger partial charge in [0.2, 0.25) is 5.91 Å². The summed E-state index contributed by atoms with van der Waals surface area (Å²) in [6, 6.07) is 5.28. The maximum absolute atomic E-state index is 13.2. The summed E-state index contributed by atoms with van der Waals surface area (Å²) in [6.07, 6.45) is 0.531. The van der Waals surface area contributed by atoms with Crippen LogP contribution < -0.4 is 5.32 Å². The van der Waals surface area contributed by atoms with E-state index in [0.29, 0.717) is 11.3 Å². The van der Waals surface area contributed by atoms with Crippen LogP contribution in [0.2, 0.25) is 0 Å². The van der Waals surface area contributed by atoms with Gasteiger partial charge in [0.05, 0.1) is 11.3 Å². The molecule has 0 radical (unpaired) electrons. The number of hydrogen-bond donors (Lipinski definition) is 1. The highest BCUT2D eigenvalue weighted by molar-refractivity contribution is 8.15. The van der Waals surface area contributed by atoms with E-state index in [1.165, 1.54) is 20.2 Å². The minimum absolute atomic E-state index is 0.243. The van der Waals surface area contributed by atoms with Gasteiger partial charge in [-0.3, -0.25) is 9.79 Å². The molecule has 0 aromatic heterocycles. The topological polar surface area (TPSA) is 63.0 Å². The average Bonchev–Trinajstić information content (AvgIpc) is 3.07. The fourth-order valence-corrected chi connectivity index (χ4v) is 3.86. The van der Waals surface area contributed by atoms with E-state index < -0.39 is 23.4 Å². The highest BCUT2D eigenvalue weighted by Crippen LogP contribution is 2.37. The molecule has 5 nitrogen and oxygen atoms in total. The van der Waals surface area contributed by atoms with E-state index in [4.69, 9.17) is 0 Å². The smallest absolute Gasteiger partial charge is 0.399 e. The minimum atomic E-state index is -4.58. The van der Waals surface area contributed by atoms with Gasteiger partial charge in [0.1, 0.15) is 12.4 Å². The number of thioether (sulfide) groups is 1. The van der Waals surface area contributed by atoms with Crippen LogP contribution in [0.5, 0.6) is 0 Å². The lowest BCUT2D eigenvalue weighted by atomic mass is 10.0. The lowest BCUT2D eigenvalue weighted by Crippen LogP contribution is -2.43. The number of carbonyl (C=O) groups is 1. The maximum Gasteiger partial charge on any atom is 0.412 e. The normalized spacial score (nSPS) is 20.7. The zero-order valence-corrected chi connectivity index (χ0v) is 17.3. The summed E-state index contributed by atoms with van der Waals surface area (Å²) in [5.41, 5.74) is 2.68. The Kier molecular flexibility index (Phi) is 7.66. The second kappa shape index (κ2) is 9.78. The molecule has 2 atom stereocenters. The van der Waals surface area contributed by atoms with Crippen molar-refractivity contribution in [3.05, 3.63) is 53.2 Å². The van der Waals surface area contributed by atoms with Crippen molar-refractivity contribution in [3.63, 3.8) is 0 Å². The van der Waals surface area contributed by atoms with E-state index in [0.717, 1.165) is 22.9 Å². The van der Waals surface area contributed by atoms with Gasteiger partial charge in [0.15, 0.2) is 6.04 Å². The number of nitrogens with one attached hydrogen (secondary N) is 1. The first-order valence-electron chi connectivity index (χ1n) is 8.76. The summed E-state index contributed by atoms with van der Waals surface area (Å²) in [6.45, 7) is 4.94. The number of amides is 1. The molecule has 1 heterocycles. The second-order valence-corrected chi connectivity index (χ2v) is 7.58.